The van der Waals surface area contributed by atoms with Crippen LogP contribution in [0.25, 0.3) is 0 Å². The Hall–Kier alpha value is -2.27. The first-order valence-corrected chi connectivity index (χ1v) is 6.37. The number of anilines is 1. The van der Waals surface area contributed by atoms with E-state index in [9.17, 15) is 0 Å². The van der Waals surface area contributed by atoms with Crippen molar-refractivity contribution in [3.8, 4) is 0 Å². The summed E-state index contributed by atoms with van der Waals surface area (Å²) in [5, 5.41) is 12.3. The average molecular weight is 291 g/mol. The van der Waals surface area contributed by atoms with E-state index in [1.54, 1.807) is 12.3 Å². The fraction of sp³-hybridized carbons (Fsp3) is 0.143. The predicted molar refractivity (Wildman–Crippen MR) is 80.3 cm³/mol. The van der Waals surface area contributed by atoms with Crippen LogP contribution >= 0.6 is 11.6 Å². The summed E-state index contributed by atoms with van der Waals surface area (Å²) in [6.45, 7) is 0.715. The maximum absolute atomic E-state index is 8.60. The number of amidine groups is 1. The number of hydrogen-bond acceptors (Lipinski definition) is 4. The van der Waals surface area contributed by atoms with Gasteiger partial charge < -0.3 is 15.8 Å². The van der Waals surface area contributed by atoms with E-state index in [2.05, 4.69) is 10.1 Å². The van der Waals surface area contributed by atoms with Gasteiger partial charge in [0.15, 0.2) is 5.84 Å². The molecule has 2 aromatic rings. The number of oxime groups is 1. The molecule has 0 radical (unpaired) electrons. The van der Waals surface area contributed by atoms with Gasteiger partial charge in [-0.3, -0.25) is 0 Å². The zero-order chi connectivity index (χ0) is 14.5. The van der Waals surface area contributed by atoms with Crippen molar-refractivity contribution in [1.29, 1.82) is 0 Å². The summed E-state index contributed by atoms with van der Waals surface area (Å²) in [6, 6.07) is 11.3. The lowest BCUT2D eigenvalue weighted by Gasteiger charge is -2.18. The molecule has 1 heterocycles. The van der Waals surface area contributed by atoms with E-state index in [0.717, 1.165) is 16.4 Å². The molecule has 0 aliphatic heterocycles. The Morgan fingerprint density at radius 1 is 1.30 bits per heavy atom. The number of nitrogens with two attached hydrogens (primary N) is 1. The van der Waals surface area contributed by atoms with Crippen LogP contribution in [0, 0.1) is 0 Å². The normalized spacial score (nSPS) is 11.4. The maximum Gasteiger partial charge on any atom is 0.171 e. The molecule has 0 aliphatic carbocycles. The molecule has 20 heavy (non-hydrogen) atoms. The number of benzene rings is 1. The molecule has 6 heteroatoms. The third-order valence-corrected chi connectivity index (χ3v) is 3.13. The van der Waals surface area contributed by atoms with Gasteiger partial charge in [0.05, 0.1) is 0 Å². The van der Waals surface area contributed by atoms with Crippen molar-refractivity contribution in [3.63, 3.8) is 0 Å². The molecule has 0 saturated carbocycles. The molecule has 0 amide bonds. The predicted octanol–water partition coefficient (Wildman–Crippen LogP) is 2.47. The standard InChI is InChI=1S/C14H15ClN4O/c1-19(9-10-2-5-12(15)6-3-10)13-7-4-11(8-17-13)14(16)18-20/h2-8,20H,9H2,1H3,(H2,16,18). The molecule has 3 N–H and O–H groups in total. The van der Waals surface area contributed by atoms with E-state index in [-0.39, 0.29) is 5.84 Å². The second-order valence-electron chi connectivity index (χ2n) is 4.37. The third-order valence-electron chi connectivity index (χ3n) is 2.88. The Morgan fingerprint density at radius 2 is 2.00 bits per heavy atom. The number of halogens is 1. The summed E-state index contributed by atoms with van der Waals surface area (Å²) in [6.07, 6.45) is 1.57. The van der Waals surface area contributed by atoms with Crippen LogP contribution in [-0.2, 0) is 6.54 Å². The van der Waals surface area contributed by atoms with Crippen molar-refractivity contribution >= 4 is 23.3 Å². The molecule has 2 rings (SSSR count). The van der Waals surface area contributed by atoms with Gasteiger partial charge in [-0.2, -0.15) is 0 Å². The third kappa shape index (κ3) is 3.39. The highest BCUT2D eigenvalue weighted by Crippen LogP contribution is 2.15. The highest BCUT2D eigenvalue weighted by molar-refractivity contribution is 6.30. The van der Waals surface area contributed by atoms with Crippen LogP contribution in [0.1, 0.15) is 11.1 Å². The van der Waals surface area contributed by atoms with Gasteiger partial charge in [-0.1, -0.05) is 28.9 Å². The van der Waals surface area contributed by atoms with E-state index in [4.69, 9.17) is 22.5 Å². The van der Waals surface area contributed by atoms with Gasteiger partial charge in [-0.05, 0) is 29.8 Å². The summed E-state index contributed by atoms with van der Waals surface area (Å²) in [4.78, 5) is 6.29. The van der Waals surface area contributed by atoms with Crippen molar-refractivity contribution in [1.82, 2.24) is 4.98 Å². The minimum atomic E-state index is 0.0457. The summed E-state index contributed by atoms with van der Waals surface area (Å²) >= 11 is 5.86. The molecule has 1 aromatic heterocycles. The van der Waals surface area contributed by atoms with Gasteiger partial charge in [0.25, 0.3) is 0 Å². The van der Waals surface area contributed by atoms with Gasteiger partial charge in [0, 0.05) is 30.4 Å². The summed E-state index contributed by atoms with van der Waals surface area (Å²) in [7, 11) is 1.94. The van der Waals surface area contributed by atoms with Crippen molar-refractivity contribution in [2.45, 2.75) is 6.54 Å². The van der Waals surface area contributed by atoms with Crippen LogP contribution < -0.4 is 10.6 Å². The van der Waals surface area contributed by atoms with Crippen LogP contribution in [0.5, 0.6) is 0 Å². The molecular formula is C14H15ClN4O. The van der Waals surface area contributed by atoms with E-state index in [1.807, 2.05) is 42.3 Å². The first-order chi connectivity index (χ1) is 9.60. The zero-order valence-corrected chi connectivity index (χ0v) is 11.7. The van der Waals surface area contributed by atoms with Gasteiger partial charge in [0.2, 0.25) is 0 Å². The van der Waals surface area contributed by atoms with E-state index < -0.39 is 0 Å². The lowest BCUT2D eigenvalue weighted by molar-refractivity contribution is 0.318. The van der Waals surface area contributed by atoms with Crippen molar-refractivity contribution < 1.29 is 5.21 Å². The highest BCUT2D eigenvalue weighted by atomic mass is 35.5. The lowest BCUT2D eigenvalue weighted by atomic mass is 10.2. The Balaban J connectivity index is 2.09. The number of aromatic nitrogens is 1. The van der Waals surface area contributed by atoms with Crippen LogP contribution in [0.3, 0.4) is 0 Å². The molecule has 0 aliphatic rings. The molecule has 5 nitrogen and oxygen atoms in total. The fourth-order valence-electron chi connectivity index (χ4n) is 1.77. The van der Waals surface area contributed by atoms with Gasteiger partial charge in [0.1, 0.15) is 5.82 Å². The topological polar surface area (TPSA) is 74.7 Å². The maximum atomic E-state index is 8.60. The smallest absolute Gasteiger partial charge is 0.171 e. The molecule has 0 bridgehead atoms. The zero-order valence-electron chi connectivity index (χ0n) is 11.0. The second-order valence-corrected chi connectivity index (χ2v) is 4.81. The molecule has 0 fully saturated rings. The summed E-state index contributed by atoms with van der Waals surface area (Å²) in [5.74, 6) is 0.846. The van der Waals surface area contributed by atoms with Gasteiger partial charge in [-0.15, -0.1) is 0 Å². The molecule has 0 spiro atoms. The Labute approximate surface area is 122 Å². The van der Waals surface area contributed by atoms with E-state index in [1.165, 1.54) is 0 Å². The molecule has 104 valence electrons. The van der Waals surface area contributed by atoms with Gasteiger partial charge >= 0.3 is 0 Å². The van der Waals surface area contributed by atoms with Crippen LogP contribution in [0.4, 0.5) is 5.82 Å². The number of hydrogen-bond donors (Lipinski definition) is 2. The largest absolute Gasteiger partial charge is 0.409 e. The fourth-order valence-corrected chi connectivity index (χ4v) is 1.89. The first kappa shape index (κ1) is 14.1. The average Bonchev–Trinajstić information content (AvgIpc) is 2.49. The van der Waals surface area contributed by atoms with Crippen molar-refractivity contribution in [3.05, 3.63) is 58.7 Å². The Bertz CT molecular complexity index is 596. The Kier molecular flexibility index (Phi) is 4.42. The first-order valence-electron chi connectivity index (χ1n) is 5.99. The highest BCUT2D eigenvalue weighted by Gasteiger charge is 2.05. The summed E-state index contributed by atoms with van der Waals surface area (Å²) < 4.78 is 0. The quantitative estimate of drug-likeness (QED) is 0.393. The molecule has 1 aromatic carbocycles. The molecule has 0 atom stereocenters. The van der Waals surface area contributed by atoms with Crippen molar-refractivity contribution in [2.75, 3.05) is 11.9 Å². The van der Waals surface area contributed by atoms with Crippen LogP contribution in [0.15, 0.2) is 47.8 Å². The minimum absolute atomic E-state index is 0.0457. The second kappa shape index (κ2) is 6.25. The van der Waals surface area contributed by atoms with Crippen molar-refractivity contribution in [2.24, 2.45) is 10.9 Å². The minimum Gasteiger partial charge on any atom is -0.409 e. The van der Waals surface area contributed by atoms with Crippen LogP contribution in [0.2, 0.25) is 5.02 Å². The molecular weight excluding hydrogens is 276 g/mol. The van der Waals surface area contributed by atoms with E-state index >= 15 is 0 Å². The van der Waals surface area contributed by atoms with E-state index in [0.29, 0.717) is 12.1 Å². The molecule has 0 unspecified atom stereocenters. The van der Waals surface area contributed by atoms with Gasteiger partial charge in [-0.25, -0.2) is 4.98 Å². The Morgan fingerprint density at radius 3 is 2.55 bits per heavy atom. The lowest BCUT2D eigenvalue weighted by Crippen LogP contribution is -2.18. The number of pyridine rings is 1. The summed E-state index contributed by atoms with van der Waals surface area (Å²) in [5.41, 5.74) is 7.21. The number of rotatable bonds is 4. The van der Waals surface area contributed by atoms with Crippen LogP contribution in [-0.4, -0.2) is 23.1 Å². The SMILES string of the molecule is CN(Cc1ccc(Cl)cc1)c1ccc(C(N)=NO)cn1. The monoisotopic (exact) mass is 290 g/mol. The number of nitrogens with zero attached hydrogens (tertiary/aromatic N) is 3. The molecule has 0 saturated heterocycles.